The molecule has 1 aliphatic heterocycles. The second-order valence-corrected chi connectivity index (χ2v) is 4.35. The van der Waals surface area contributed by atoms with Gasteiger partial charge >= 0.3 is 0 Å². The molecule has 1 saturated heterocycles. The molecule has 1 rings (SSSR count). The van der Waals surface area contributed by atoms with Crippen molar-refractivity contribution in [3.8, 4) is 0 Å². The monoisotopic (exact) mass is 165 g/mol. The van der Waals surface area contributed by atoms with E-state index < -0.39 is 0 Å². The Kier molecular flexibility index (Phi) is 2.94. The van der Waals surface area contributed by atoms with Gasteiger partial charge in [0.1, 0.15) is 6.29 Å². The highest BCUT2D eigenvalue weighted by Crippen LogP contribution is 2.35. The summed E-state index contributed by atoms with van der Waals surface area (Å²) in [5, 5.41) is 0. The molecule has 1 unspecified atom stereocenters. The molecule has 0 bridgehead atoms. The first kappa shape index (κ1) is 9.78. The van der Waals surface area contributed by atoms with Gasteiger partial charge in [0.25, 0.3) is 0 Å². The van der Waals surface area contributed by atoms with Crippen LogP contribution in [0.5, 0.6) is 0 Å². The molecule has 2 radical (unpaired) electrons. The van der Waals surface area contributed by atoms with E-state index in [0.717, 1.165) is 25.8 Å². The Morgan fingerprint density at radius 3 is 2.83 bits per heavy atom. The maximum Gasteiger partial charge on any atom is 0.182 e. The van der Waals surface area contributed by atoms with Crippen LogP contribution < -0.4 is 0 Å². The first-order valence-electron chi connectivity index (χ1n) is 4.49. The average molecular weight is 165 g/mol. The second-order valence-electron chi connectivity index (χ2n) is 4.35. The van der Waals surface area contributed by atoms with Crippen molar-refractivity contribution in [2.24, 2.45) is 11.3 Å². The highest BCUT2D eigenvalue weighted by atomic mass is 16.1. The van der Waals surface area contributed by atoms with Crippen LogP contribution in [-0.4, -0.2) is 32.2 Å². The fourth-order valence-corrected chi connectivity index (χ4v) is 2.00. The molecule has 12 heavy (non-hydrogen) atoms. The summed E-state index contributed by atoms with van der Waals surface area (Å²) in [4.78, 5) is 12.2. The number of nitrogens with zero attached hydrogens (tertiary/aromatic N) is 1. The molecule has 1 atom stereocenters. The molecule has 1 aliphatic rings. The van der Waals surface area contributed by atoms with Crippen LogP contribution in [-0.2, 0) is 4.79 Å². The van der Waals surface area contributed by atoms with Crippen molar-refractivity contribution in [2.45, 2.75) is 26.7 Å². The number of piperidine rings is 1. The summed E-state index contributed by atoms with van der Waals surface area (Å²) in [6.07, 6.45) is 2.75. The van der Waals surface area contributed by atoms with Crippen molar-refractivity contribution < 1.29 is 4.79 Å². The molecular weight excluding hydrogens is 149 g/mol. The van der Waals surface area contributed by atoms with Gasteiger partial charge in [0.15, 0.2) is 7.98 Å². The standard InChI is InChI=1S/C9H16BNO/c1-9(2)7-11(10)5-3-8(9)4-6-12/h6,8H,3-5,7H2,1-2H3. The third-order valence-corrected chi connectivity index (χ3v) is 2.86. The maximum atomic E-state index is 10.4. The van der Waals surface area contributed by atoms with Crippen molar-refractivity contribution in [2.75, 3.05) is 13.1 Å². The van der Waals surface area contributed by atoms with Gasteiger partial charge in [-0.15, -0.1) is 0 Å². The van der Waals surface area contributed by atoms with Gasteiger partial charge in [-0.3, -0.25) is 0 Å². The van der Waals surface area contributed by atoms with Crippen LogP contribution >= 0.6 is 0 Å². The molecule has 0 aromatic heterocycles. The van der Waals surface area contributed by atoms with Gasteiger partial charge in [0.2, 0.25) is 0 Å². The number of hydrogen-bond acceptors (Lipinski definition) is 2. The molecule has 0 amide bonds. The Labute approximate surface area is 75.7 Å². The first-order chi connectivity index (χ1) is 5.56. The van der Waals surface area contributed by atoms with Crippen LogP contribution in [0.1, 0.15) is 26.7 Å². The molecule has 0 saturated carbocycles. The van der Waals surface area contributed by atoms with Crippen LogP contribution in [0, 0.1) is 11.3 Å². The summed E-state index contributed by atoms with van der Waals surface area (Å²) >= 11 is 0. The normalized spacial score (nSPS) is 30.0. The van der Waals surface area contributed by atoms with Gasteiger partial charge in [0, 0.05) is 6.42 Å². The smallest absolute Gasteiger partial charge is 0.182 e. The lowest BCUT2D eigenvalue weighted by atomic mass is 9.72. The summed E-state index contributed by atoms with van der Waals surface area (Å²) < 4.78 is 0. The lowest BCUT2D eigenvalue weighted by molar-refractivity contribution is -0.110. The van der Waals surface area contributed by atoms with E-state index in [9.17, 15) is 4.79 Å². The number of rotatable bonds is 2. The Bertz CT molecular complexity index is 170. The van der Waals surface area contributed by atoms with Gasteiger partial charge in [-0.05, 0) is 30.8 Å². The summed E-state index contributed by atoms with van der Waals surface area (Å²) in [7, 11) is 5.71. The molecule has 1 fully saturated rings. The number of carbonyl (C=O) groups excluding carboxylic acids is 1. The van der Waals surface area contributed by atoms with E-state index in [-0.39, 0.29) is 5.41 Å². The molecule has 3 heteroatoms. The molecule has 0 aromatic rings. The molecule has 66 valence electrons. The van der Waals surface area contributed by atoms with E-state index in [4.69, 9.17) is 7.98 Å². The molecule has 1 heterocycles. The van der Waals surface area contributed by atoms with Gasteiger partial charge in [0.05, 0.1) is 0 Å². The van der Waals surface area contributed by atoms with Crippen LogP contribution in [0.15, 0.2) is 0 Å². The third-order valence-electron chi connectivity index (χ3n) is 2.86. The molecule has 0 aromatic carbocycles. The zero-order valence-corrected chi connectivity index (χ0v) is 7.92. The third kappa shape index (κ3) is 2.10. The average Bonchev–Trinajstić information content (AvgIpc) is 1.94. The quantitative estimate of drug-likeness (QED) is 0.449. The summed E-state index contributed by atoms with van der Waals surface area (Å²) in [5.41, 5.74) is 0.188. The van der Waals surface area contributed by atoms with Crippen LogP contribution in [0.4, 0.5) is 0 Å². The van der Waals surface area contributed by atoms with E-state index >= 15 is 0 Å². The summed E-state index contributed by atoms with van der Waals surface area (Å²) in [6, 6.07) is 0. The minimum Gasteiger partial charge on any atom is -0.353 e. The van der Waals surface area contributed by atoms with E-state index in [1.54, 1.807) is 0 Å². The van der Waals surface area contributed by atoms with Crippen molar-refractivity contribution in [1.82, 2.24) is 4.81 Å². The SMILES string of the molecule is [B]N1CCC(CC=O)C(C)(C)C1. The van der Waals surface area contributed by atoms with E-state index in [0.29, 0.717) is 12.3 Å². The topological polar surface area (TPSA) is 20.3 Å². The van der Waals surface area contributed by atoms with E-state index in [2.05, 4.69) is 13.8 Å². The Hall–Kier alpha value is -0.305. The highest BCUT2D eigenvalue weighted by Gasteiger charge is 2.33. The van der Waals surface area contributed by atoms with Crippen LogP contribution in [0.2, 0.25) is 0 Å². The Balaban J connectivity index is 2.57. The zero-order chi connectivity index (χ0) is 9.19. The Morgan fingerprint density at radius 2 is 2.33 bits per heavy atom. The highest BCUT2D eigenvalue weighted by molar-refractivity contribution is 6.04. The van der Waals surface area contributed by atoms with Crippen LogP contribution in [0.25, 0.3) is 0 Å². The predicted molar refractivity (Wildman–Crippen MR) is 49.9 cm³/mol. The largest absolute Gasteiger partial charge is 0.353 e. The van der Waals surface area contributed by atoms with E-state index in [1.807, 2.05) is 4.81 Å². The molecular formula is C9H16BNO. The van der Waals surface area contributed by atoms with Crippen molar-refractivity contribution in [1.29, 1.82) is 0 Å². The van der Waals surface area contributed by atoms with Gasteiger partial charge in [-0.2, -0.15) is 0 Å². The fourth-order valence-electron chi connectivity index (χ4n) is 2.00. The maximum absolute atomic E-state index is 10.4. The molecule has 0 spiro atoms. The molecule has 0 N–H and O–H groups in total. The summed E-state index contributed by atoms with van der Waals surface area (Å²) in [6.45, 7) is 6.17. The minimum atomic E-state index is 0.188. The second kappa shape index (κ2) is 3.61. The van der Waals surface area contributed by atoms with Gasteiger partial charge < -0.3 is 9.61 Å². The van der Waals surface area contributed by atoms with Crippen molar-refractivity contribution in [3.63, 3.8) is 0 Å². The fraction of sp³-hybridized carbons (Fsp3) is 0.889. The Morgan fingerprint density at radius 1 is 1.67 bits per heavy atom. The van der Waals surface area contributed by atoms with Crippen molar-refractivity contribution in [3.05, 3.63) is 0 Å². The lowest BCUT2D eigenvalue weighted by Gasteiger charge is -2.42. The molecule has 2 nitrogen and oxygen atoms in total. The van der Waals surface area contributed by atoms with Crippen LogP contribution in [0.3, 0.4) is 0 Å². The summed E-state index contributed by atoms with van der Waals surface area (Å²) in [5.74, 6) is 0.509. The lowest BCUT2D eigenvalue weighted by Crippen LogP contribution is -2.44. The number of hydrogen-bond donors (Lipinski definition) is 0. The molecule has 0 aliphatic carbocycles. The van der Waals surface area contributed by atoms with Gasteiger partial charge in [-0.1, -0.05) is 13.8 Å². The van der Waals surface area contributed by atoms with Crippen molar-refractivity contribution >= 4 is 14.3 Å². The first-order valence-corrected chi connectivity index (χ1v) is 4.49. The predicted octanol–water partition coefficient (Wildman–Crippen LogP) is 1.01. The van der Waals surface area contributed by atoms with Gasteiger partial charge in [-0.25, -0.2) is 0 Å². The minimum absolute atomic E-state index is 0.188. The zero-order valence-electron chi connectivity index (χ0n) is 7.92. The number of aldehydes is 1. The number of carbonyl (C=O) groups is 1. The van der Waals surface area contributed by atoms with E-state index in [1.165, 1.54) is 0 Å².